The Hall–Kier alpha value is -3.69. The first kappa shape index (κ1) is 25.0. The highest BCUT2D eigenvalue weighted by molar-refractivity contribution is 6.33. The lowest BCUT2D eigenvalue weighted by molar-refractivity contribution is 0.390. The Bertz CT molecular complexity index is 1460. The fraction of sp³-hybridized carbons (Fsp3) is 0.296. The van der Waals surface area contributed by atoms with Crippen molar-refractivity contribution >= 4 is 34.3 Å². The maximum atomic E-state index is 13.8. The first-order chi connectivity index (χ1) is 17.9. The molecule has 0 amide bonds. The monoisotopic (exact) mass is 521 g/mol. The number of piperidine rings is 1. The number of aryl methyl sites for hydroxylation is 1. The van der Waals surface area contributed by atoms with Gasteiger partial charge >= 0.3 is 0 Å². The Morgan fingerprint density at radius 1 is 1.27 bits per heavy atom. The largest absolute Gasteiger partial charge is 0.481 e. The van der Waals surface area contributed by atoms with E-state index in [-0.39, 0.29) is 11.5 Å². The van der Waals surface area contributed by atoms with Crippen molar-refractivity contribution in [2.75, 3.05) is 32.1 Å². The molecule has 0 radical (unpaired) electrons. The zero-order valence-electron chi connectivity index (χ0n) is 20.8. The molecule has 0 aliphatic carbocycles. The summed E-state index contributed by atoms with van der Waals surface area (Å²) < 4.78 is 20.9. The third-order valence-corrected chi connectivity index (χ3v) is 7.01. The lowest BCUT2D eigenvalue weighted by atomic mass is 9.98. The molecule has 3 aromatic heterocycles. The zero-order chi connectivity index (χ0) is 25.9. The number of ether oxygens (including phenoxy) is 1. The predicted octanol–water partition coefficient (Wildman–Crippen LogP) is 4.95. The van der Waals surface area contributed by atoms with Crippen LogP contribution in [0.4, 0.5) is 15.8 Å². The average molecular weight is 522 g/mol. The highest BCUT2D eigenvalue weighted by Gasteiger charge is 2.19. The fourth-order valence-corrected chi connectivity index (χ4v) is 4.78. The fourth-order valence-electron chi connectivity index (χ4n) is 4.62. The van der Waals surface area contributed by atoms with Crippen molar-refractivity contribution in [2.24, 2.45) is 16.6 Å². The molecule has 8 nitrogen and oxygen atoms in total. The molecule has 4 heterocycles. The second kappa shape index (κ2) is 10.7. The van der Waals surface area contributed by atoms with Crippen LogP contribution < -0.4 is 21.1 Å². The van der Waals surface area contributed by atoms with Crippen molar-refractivity contribution in [3.63, 3.8) is 0 Å². The number of rotatable bonds is 7. The van der Waals surface area contributed by atoms with Gasteiger partial charge in [-0.25, -0.2) is 18.9 Å². The van der Waals surface area contributed by atoms with Crippen LogP contribution in [-0.2, 0) is 0 Å². The van der Waals surface area contributed by atoms with Crippen LogP contribution in [0, 0.1) is 18.7 Å². The second-order valence-corrected chi connectivity index (χ2v) is 9.61. The molecule has 4 aromatic rings. The summed E-state index contributed by atoms with van der Waals surface area (Å²) in [6, 6.07) is 7.97. The molecule has 37 heavy (non-hydrogen) atoms. The van der Waals surface area contributed by atoms with Crippen LogP contribution in [0.25, 0.3) is 16.6 Å². The number of hydrogen-bond donors (Lipinski definition) is 3. The summed E-state index contributed by atoms with van der Waals surface area (Å²) in [5, 5.41) is 11.9. The molecule has 0 atom stereocenters. The number of hydrogen-bond acceptors (Lipinski definition) is 6. The number of benzene rings is 1. The van der Waals surface area contributed by atoms with Crippen molar-refractivity contribution < 1.29 is 9.13 Å². The molecular weight excluding hydrogens is 493 g/mol. The van der Waals surface area contributed by atoms with E-state index in [4.69, 9.17) is 22.1 Å². The number of amidine groups is 1. The topological polar surface area (TPSA) is 102 Å². The van der Waals surface area contributed by atoms with Crippen molar-refractivity contribution in [2.45, 2.75) is 19.8 Å². The number of methoxy groups -OCH3 is 1. The SMILES string of the molecule is COc1cc(C)c(-c2cc3c(NCC4CCNCC4)c(C(N)=Nc4cc(F)ccc4Cl)cnn3c2)cn1. The summed E-state index contributed by atoms with van der Waals surface area (Å²) in [7, 11) is 1.60. The van der Waals surface area contributed by atoms with Crippen molar-refractivity contribution in [3.05, 3.63) is 70.9 Å². The van der Waals surface area contributed by atoms with E-state index >= 15 is 0 Å². The maximum absolute atomic E-state index is 13.8. The first-order valence-corrected chi connectivity index (χ1v) is 12.6. The van der Waals surface area contributed by atoms with Gasteiger partial charge in [-0.2, -0.15) is 5.10 Å². The summed E-state index contributed by atoms with van der Waals surface area (Å²) in [6.07, 6.45) is 7.62. The Balaban J connectivity index is 1.59. The average Bonchev–Trinajstić information content (AvgIpc) is 3.34. The normalized spacial score (nSPS) is 14.8. The number of halogens is 2. The first-order valence-electron chi connectivity index (χ1n) is 12.2. The third-order valence-electron chi connectivity index (χ3n) is 6.69. The van der Waals surface area contributed by atoms with Gasteiger partial charge in [-0.15, -0.1) is 0 Å². The zero-order valence-corrected chi connectivity index (χ0v) is 21.5. The second-order valence-electron chi connectivity index (χ2n) is 9.20. The molecular formula is C27H29ClFN7O. The molecule has 0 unspecified atom stereocenters. The number of nitrogens with zero attached hydrogens (tertiary/aromatic N) is 4. The Morgan fingerprint density at radius 3 is 2.84 bits per heavy atom. The van der Waals surface area contributed by atoms with Crippen LogP contribution in [-0.4, -0.2) is 47.2 Å². The van der Waals surface area contributed by atoms with E-state index in [9.17, 15) is 4.39 Å². The Kier molecular flexibility index (Phi) is 7.25. The predicted molar refractivity (Wildman–Crippen MR) is 146 cm³/mol. The summed E-state index contributed by atoms with van der Waals surface area (Å²) >= 11 is 6.25. The minimum absolute atomic E-state index is 0.195. The highest BCUT2D eigenvalue weighted by atomic mass is 35.5. The van der Waals surface area contributed by atoms with Crippen LogP contribution in [0.5, 0.6) is 5.88 Å². The van der Waals surface area contributed by atoms with Crippen LogP contribution in [0.15, 0.2) is 53.9 Å². The molecule has 10 heteroatoms. The molecule has 1 aliphatic heterocycles. The van der Waals surface area contributed by atoms with Gasteiger partial charge in [0.15, 0.2) is 0 Å². The summed E-state index contributed by atoms with van der Waals surface area (Å²) in [4.78, 5) is 8.83. The van der Waals surface area contributed by atoms with E-state index in [0.717, 1.165) is 60.4 Å². The van der Waals surface area contributed by atoms with Gasteiger partial charge in [-0.05, 0) is 62.5 Å². The van der Waals surface area contributed by atoms with E-state index in [1.807, 2.05) is 23.7 Å². The van der Waals surface area contributed by atoms with Gasteiger partial charge < -0.3 is 21.1 Å². The number of nitrogens with two attached hydrogens (primary N) is 1. The molecule has 5 rings (SSSR count). The smallest absolute Gasteiger partial charge is 0.213 e. The molecule has 1 aliphatic rings. The van der Waals surface area contributed by atoms with E-state index in [1.165, 1.54) is 18.2 Å². The van der Waals surface area contributed by atoms with Gasteiger partial charge in [-0.3, -0.25) is 0 Å². The van der Waals surface area contributed by atoms with E-state index in [0.29, 0.717) is 22.4 Å². The molecule has 192 valence electrons. The minimum atomic E-state index is -0.437. The van der Waals surface area contributed by atoms with Crippen LogP contribution in [0.3, 0.4) is 0 Å². The molecule has 1 saturated heterocycles. The van der Waals surface area contributed by atoms with Crippen LogP contribution in [0.1, 0.15) is 24.0 Å². The third kappa shape index (κ3) is 5.38. The molecule has 1 fully saturated rings. The number of aliphatic imine (C=N–C) groups is 1. The number of fused-ring (bicyclic) bond motifs is 1. The molecule has 0 bridgehead atoms. The molecule has 0 spiro atoms. The van der Waals surface area contributed by atoms with Gasteiger partial charge in [0.2, 0.25) is 5.88 Å². The van der Waals surface area contributed by atoms with Gasteiger partial charge in [0, 0.05) is 42.2 Å². The molecule has 1 aromatic carbocycles. The quantitative estimate of drug-likeness (QED) is 0.235. The standard InChI is InChI=1S/C27H29ClFN7O/c1-16-9-25(37-2)32-13-20(16)18-10-24-26(33-12-17-5-7-31-8-6-17)21(14-34-36(24)15-18)27(30)35-23-11-19(29)3-4-22(23)28/h3-4,9-11,13-15,17,31,33H,5-8,12H2,1-2H3,(H2,30,35). The summed E-state index contributed by atoms with van der Waals surface area (Å²) in [5.41, 5.74) is 12.0. The minimum Gasteiger partial charge on any atom is -0.481 e. The summed E-state index contributed by atoms with van der Waals surface area (Å²) in [5.74, 6) is 0.851. The van der Waals surface area contributed by atoms with Gasteiger partial charge in [0.25, 0.3) is 0 Å². The highest BCUT2D eigenvalue weighted by Crippen LogP contribution is 2.32. The van der Waals surface area contributed by atoms with Crippen molar-refractivity contribution in [3.8, 4) is 17.0 Å². The number of pyridine rings is 1. The lowest BCUT2D eigenvalue weighted by Gasteiger charge is -2.24. The number of anilines is 1. The van der Waals surface area contributed by atoms with Gasteiger partial charge in [-0.1, -0.05) is 11.6 Å². The summed E-state index contributed by atoms with van der Waals surface area (Å²) in [6.45, 7) is 4.81. The molecule has 0 saturated carbocycles. The Labute approximate surface area is 219 Å². The molecule has 4 N–H and O–H groups in total. The van der Waals surface area contributed by atoms with E-state index in [2.05, 4.69) is 31.8 Å². The maximum Gasteiger partial charge on any atom is 0.213 e. The number of aromatic nitrogens is 3. The van der Waals surface area contributed by atoms with Crippen molar-refractivity contribution in [1.29, 1.82) is 0 Å². The van der Waals surface area contributed by atoms with Crippen LogP contribution >= 0.6 is 11.6 Å². The van der Waals surface area contributed by atoms with Gasteiger partial charge in [0.1, 0.15) is 11.7 Å². The number of nitrogens with one attached hydrogen (secondary N) is 2. The lowest BCUT2D eigenvalue weighted by Crippen LogP contribution is -2.31. The van der Waals surface area contributed by atoms with Crippen molar-refractivity contribution in [1.82, 2.24) is 19.9 Å². The Morgan fingerprint density at radius 2 is 2.08 bits per heavy atom. The van der Waals surface area contributed by atoms with Gasteiger partial charge in [0.05, 0.1) is 40.8 Å². The van der Waals surface area contributed by atoms with E-state index < -0.39 is 5.82 Å². The van der Waals surface area contributed by atoms with Crippen LogP contribution in [0.2, 0.25) is 5.02 Å². The van der Waals surface area contributed by atoms with E-state index in [1.54, 1.807) is 19.5 Å².